The highest BCUT2D eigenvalue weighted by Gasteiger charge is 2.03. The zero-order valence-corrected chi connectivity index (χ0v) is 7.48. The maximum Gasteiger partial charge on any atom is 0.142 e. The van der Waals surface area contributed by atoms with Crippen LogP contribution in [0, 0.1) is 6.92 Å². The van der Waals surface area contributed by atoms with E-state index in [0.29, 0.717) is 11.4 Å². The standard InChI is InChI=1S/C8H11NOS/c1-5-7(11)4-3-6(10-2)8(5)9/h3-4,11H,9H2,1-2H3. The van der Waals surface area contributed by atoms with Gasteiger partial charge in [0.05, 0.1) is 12.8 Å². The van der Waals surface area contributed by atoms with Gasteiger partial charge in [-0.15, -0.1) is 12.6 Å². The van der Waals surface area contributed by atoms with Crippen molar-refractivity contribution in [3.63, 3.8) is 0 Å². The number of anilines is 1. The van der Waals surface area contributed by atoms with E-state index in [1.807, 2.05) is 19.1 Å². The molecule has 0 heterocycles. The van der Waals surface area contributed by atoms with Crippen molar-refractivity contribution in [2.24, 2.45) is 0 Å². The van der Waals surface area contributed by atoms with Gasteiger partial charge in [0.1, 0.15) is 5.75 Å². The molecule has 2 N–H and O–H groups in total. The molecule has 1 aromatic carbocycles. The third-order valence-corrected chi connectivity index (χ3v) is 2.15. The van der Waals surface area contributed by atoms with Gasteiger partial charge in [-0.25, -0.2) is 0 Å². The van der Waals surface area contributed by atoms with E-state index < -0.39 is 0 Å². The fourth-order valence-corrected chi connectivity index (χ4v) is 1.07. The van der Waals surface area contributed by atoms with Crippen LogP contribution >= 0.6 is 12.6 Å². The largest absolute Gasteiger partial charge is 0.495 e. The summed E-state index contributed by atoms with van der Waals surface area (Å²) in [6.45, 7) is 1.92. The third kappa shape index (κ3) is 1.43. The molecule has 1 aromatic rings. The molecular formula is C8H11NOS. The monoisotopic (exact) mass is 169 g/mol. The second-order valence-electron chi connectivity index (χ2n) is 2.33. The first-order chi connectivity index (χ1) is 5.16. The molecule has 0 unspecified atom stereocenters. The molecule has 0 spiro atoms. The molecule has 0 saturated heterocycles. The average molecular weight is 169 g/mol. The molecule has 0 aliphatic heterocycles. The van der Waals surface area contributed by atoms with Crippen LogP contribution in [0.25, 0.3) is 0 Å². The van der Waals surface area contributed by atoms with Crippen molar-refractivity contribution in [2.75, 3.05) is 12.8 Å². The highest BCUT2D eigenvalue weighted by atomic mass is 32.1. The van der Waals surface area contributed by atoms with Crippen LogP contribution in [-0.2, 0) is 0 Å². The van der Waals surface area contributed by atoms with Gasteiger partial charge in [0.15, 0.2) is 0 Å². The molecule has 0 amide bonds. The fraction of sp³-hybridized carbons (Fsp3) is 0.250. The van der Waals surface area contributed by atoms with Crippen molar-refractivity contribution in [3.05, 3.63) is 17.7 Å². The normalized spacial score (nSPS) is 9.73. The van der Waals surface area contributed by atoms with Gasteiger partial charge in [-0.1, -0.05) is 0 Å². The first-order valence-electron chi connectivity index (χ1n) is 3.29. The summed E-state index contributed by atoms with van der Waals surface area (Å²) in [7, 11) is 1.60. The zero-order chi connectivity index (χ0) is 8.43. The number of rotatable bonds is 1. The smallest absolute Gasteiger partial charge is 0.142 e. The first kappa shape index (κ1) is 8.27. The Labute approximate surface area is 71.8 Å². The summed E-state index contributed by atoms with van der Waals surface area (Å²) in [5, 5.41) is 0. The lowest BCUT2D eigenvalue weighted by Crippen LogP contribution is -1.95. The Morgan fingerprint density at radius 2 is 2.09 bits per heavy atom. The van der Waals surface area contributed by atoms with Crippen molar-refractivity contribution < 1.29 is 4.74 Å². The Bertz CT molecular complexity index is 273. The molecule has 2 nitrogen and oxygen atoms in total. The van der Waals surface area contributed by atoms with Crippen LogP contribution in [0.3, 0.4) is 0 Å². The maximum absolute atomic E-state index is 5.72. The Kier molecular flexibility index (Phi) is 2.29. The summed E-state index contributed by atoms with van der Waals surface area (Å²) in [5.41, 5.74) is 7.35. The summed E-state index contributed by atoms with van der Waals surface area (Å²) in [6.07, 6.45) is 0. The minimum Gasteiger partial charge on any atom is -0.495 e. The molecule has 0 saturated carbocycles. The van der Waals surface area contributed by atoms with Crippen molar-refractivity contribution in [3.8, 4) is 5.75 Å². The SMILES string of the molecule is COc1ccc(S)c(C)c1N. The van der Waals surface area contributed by atoms with Gasteiger partial charge < -0.3 is 10.5 Å². The van der Waals surface area contributed by atoms with E-state index in [-0.39, 0.29) is 0 Å². The number of ether oxygens (including phenoxy) is 1. The molecule has 0 fully saturated rings. The van der Waals surface area contributed by atoms with Crippen molar-refractivity contribution in [2.45, 2.75) is 11.8 Å². The summed E-state index contributed by atoms with van der Waals surface area (Å²) in [4.78, 5) is 0.892. The van der Waals surface area contributed by atoms with Crippen LogP contribution in [0.5, 0.6) is 5.75 Å². The number of nitrogen functional groups attached to an aromatic ring is 1. The first-order valence-corrected chi connectivity index (χ1v) is 3.73. The zero-order valence-electron chi connectivity index (χ0n) is 6.59. The summed E-state index contributed by atoms with van der Waals surface area (Å²) >= 11 is 4.22. The molecule has 0 aromatic heterocycles. The van der Waals surface area contributed by atoms with Gasteiger partial charge in [0, 0.05) is 4.90 Å². The number of hydrogen-bond acceptors (Lipinski definition) is 3. The van der Waals surface area contributed by atoms with Crippen molar-refractivity contribution >= 4 is 18.3 Å². The predicted molar refractivity (Wildman–Crippen MR) is 49.4 cm³/mol. The second kappa shape index (κ2) is 3.05. The highest BCUT2D eigenvalue weighted by molar-refractivity contribution is 7.80. The summed E-state index contributed by atoms with van der Waals surface area (Å²) < 4.78 is 5.02. The Balaban J connectivity index is 3.25. The van der Waals surface area contributed by atoms with Gasteiger partial charge in [0.2, 0.25) is 0 Å². The Morgan fingerprint density at radius 1 is 1.45 bits per heavy atom. The number of nitrogens with two attached hydrogens (primary N) is 1. The lowest BCUT2D eigenvalue weighted by Gasteiger charge is -2.08. The van der Waals surface area contributed by atoms with Crippen molar-refractivity contribution in [1.82, 2.24) is 0 Å². The Hall–Kier alpha value is -0.830. The molecule has 1 rings (SSSR count). The van der Waals surface area contributed by atoms with E-state index in [2.05, 4.69) is 12.6 Å². The van der Waals surface area contributed by atoms with E-state index in [1.54, 1.807) is 7.11 Å². The van der Waals surface area contributed by atoms with Crippen LogP contribution in [-0.4, -0.2) is 7.11 Å². The van der Waals surface area contributed by atoms with E-state index >= 15 is 0 Å². The predicted octanol–water partition coefficient (Wildman–Crippen LogP) is 1.87. The summed E-state index contributed by atoms with van der Waals surface area (Å²) in [6, 6.07) is 3.68. The Morgan fingerprint density at radius 3 is 2.64 bits per heavy atom. The average Bonchev–Trinajstić information content (AvgIpc) is 2.01. The van der Waals surface area contributed by atoms with Crippen LogP contribution in [0.4, 0.5) is 5.69 Å². The fourth-order valence-electron chi connectivity index (χ4n) is 0.870. The lowest BCUT2D eigenvalue weighted by molar-refractivity contribution is 0.416. The molecule has 3 heteroatoms. The molecule has 0 aliphatic carbocycles. The van der Waals surface area contributed by atoms with Crippen LogP contribution in [0.1, 0.15) is 5.56 Å². The summed E-state index contributed by atoms with van der Waals surface area (Å²) in [5.74, 6) is 0.709. The van der Waals surface area contributed by atoms with Gasteiger partial charge in [0.25, 0.3) is 0 Å². The van der Waals surface area contributed by atoms with Crippen LogP contribution in [0.2, 0.25) is 0 Å². The molecule has 0 atom stereocenters. The van der Waals surface area contributed by atoms with E-state index in [1.165, 1.54) is 0 Å². The van der Waals surface area contributed by atoms with Crippen LogP contribution in [0.15, 0.2) is 17.0 Å². The topological polar surface area (TPSA) is 35.2 Å². The van der Waals surface area contributed by atoms with Crippen LogP contribution < -0.4 is 10.5 Å². The van der Waals surface area contributed by atoms with E-state index in [9.17, 15) is 0 Å². The quantitative estimate of drug-likeness (QED) is 0.497. The minimum atomic E-state index is 0.667. The van der Waals surface area contributed by atoms with E-state index in [4.69, 9.17) is 10.5 Å². The molecule has 0 radical (unpaired) electrons. The van der Waals surface area contributed by atoms with Gasteiger partial charge >= 0.3 is 0 Å². The van der Waals surface area contributed by atoms with Crippen molar-refractivity contribution in [1.29, 1.82) is 0 Å². The highest BCUT2D eigenvalue weighted by Crippen LogP contribution is 2.28. The molecular weight excluding hydrogens is 158 g/mol. The second-order valence-corrected chi connectivity index (χ2v) is 2.81. The maximum atomic E-state index is 5.72. The number of methoxy groups -OCH3 is 1. The minimum absolute atomic E-state index is 0.667. The number of hydrogen-bond donors (Lipinski definition) is 2. The lowest BCUT2D eigenvalue weighted by atomic mass is 10.2. The number of thiol groups is 1. The van der Waals surface area contributed by atoms with E-state index in [0.717, 1.165) is 10.5 Å². The molecule has 0 bridgehead atoms. The third-order valence-electron chi connectivity index (χ3n) is 1.67. The number of benzene rings is 1. The van der Waals surface area contributed by atoms with Gasteiger partial charge in [-0.05, 0) is 24.6 Å². The van der Waals surface area contributed by atoms with Gasteiger partial charge in [-0.3, -0.25) is 0 Å². The molecule has 60 valence electrons. The molecule has 0 aliphatic rings. The molecule has 11 heavy (non-hydrogen) atoms. The van der Waals surface area contributed by atoms with Gasteiger partial charge in [-0.2, -0.15) is 0 Å².